The fraction of sp³-hybridized carbons (Fsp3) is 0.250. The number of fused-ring (bicyclic) bond motifs is 1. The zero-order valence-corrected chi connectivity index (χ0v) is 15.5. The van der Waals surface area contributed by atoms with Gasteiger partial charge in [-0.3, -0.25) is 9.59 Å². The number of aryl methyl sites for hydroxylation is 1. The van der Waals surface area contributed by atoms with Gasteiger partial charge in [0.15, 0.2) is 5.78 Å². The highest BCUT2D eigenvalue weighted by molar-refractivity contribution is 7.12. The van der Waals surface area contributed by atoms with Crippen LogP contribution in [0.3, 0.4) is 0 Å². The number of anilines is 1. The van der Waals surface area contributed by atoms with Crippen molar-refractivity contribution in [2.24, 2.45) is 0 Å². The second-order valence-corrected chi connectivity index (χ2v) is 7.51. The molecule has 1 amide bonds. The van der Waals surface area contributed by atoms with Gasteiger partial charge in [-0.2, -0.15) is 5.10 Å². The molecule has 2 aromatic heterocycles. The number of carbonyl (C=O) groups is 2. The van der Waals surface area contributed by atoms with Crippen molar-refractivity contribution in [3.8, 4) is 0 Å². The molecule has 0 spiro atoms. The molecule has 0 bridgehead atoms. The number of benzene rings is 1. The van der Waals surface area contributed by atoms with Crippen molar-refractivity contribution in [2.45, 2.75) is 32.7 Å². The lowest BCUT2D eigenvalue weighted by molar-refractivity contribution is -0.116. The van der Waals surface area contributed by atoms with Gasteiger partial charge in [0, 0.05) is 17.9 Å². The average molecular weight is 365 g/mol. The van der Waals surface area contributed by atoms with E-state index in [1.807, 2.05) is 53.4 Å². The maximum Gasteiger partial charge on any atom is 0.226 e. The van der Waals surface area contributed by atoms with Crippen molar-refractivity contribution in [1.29, 1.82) is 0 Å². The summed E-state index contributed by atoms with van der Waals surface area (Å²) in [5.41, 5.74) is 4.10. The number of carbonyl (C=O) groups excluding carboxylic acids is 2. The number of nitrogens with zero attached hydrogens (tertiary/aromatic N) is 2. The smallest absolute Gasteiger partial charge is 0.226 e. The van der Waals surface area contributed by atoms with Crippen LogP contribution in [0, 0.1) is 6.92 Å². The third kappa shape index (κ3) is 2.97. The van der Waals surface area contributed by atoms with Crippen LogP contribution >= 0.6 is 11.3 Å². The Labute approximate surface area is 155 Å². The number of rotatable bonds is 4. The van der Waals surface area contributed by atoms with Crippen LogP contribution in [0.1, 0.15) is 51.3 Å². The van der Waals surface area contributed by atoms with Crippen LogP contribution in [0.25, 0.3) is 0 Å². The maximum absolute atomic E-state index is 12.3. The summed E-state index contributed by atoms with van der Waals surface area (Å²) in [4.78, 5) is 24.7. The molecule has 1 aromatic carbocycles. The minimum absolute atomic E-state index is 0.0210. The van der Waals surface area contributed by atoms with Gasteiger partial charge in [0.1, 0.15) is 5.82 Å². The number of hydrogen-bond donors (Lipinski definition) is 1. The van der Waals surface area contributed by atoms with Crippen molar-refractivity contribution in [3.63, 3.8) is 0 Å². The van der Waals surface area contributed by atoms with Gasteiger partial charge < -0.3 is 5.32 Å². The fourth-order valence-electron chi connectivity index (χ4n) is 3.49. The molecule has 26 heavy (non-hydrogen) atoms. The lowest BCUT2D eigenvalue weighted by Crippen LogP contribution is -2.25. The highest BCUT2D eigenvalue weighted by atomic mass is 32.1. The Bertz CT molecular complexity index is 988. The summed E-state index contributed by atoms with van der Waals surface area (Å²) in [7, 11) is 0. The molecule has 0 aliphatic carbocycles. The van der Waals surface area contributed by atoms with Gasteiger partial charge in [0.2, 0.25) is 5.91 Å². The molecule has 4 rings (SSSR count). The van der Waals surface area contributed by atoms with Crippen molar-refractivity contribution >= 4 is 28.8 Å². The number of ketones is 1. The van der Waals surface area contributed by atoms with E-state index in [4.69, 9.17) is 0 Å². The van der Waals surface area contributed by atoms with Crippen LogP contribution in [0.4, 0.5) is 5.82 Å². The van der Waals surface area contributed by atoms with Crippen LogP contribution in [-0.4, -0.2) is 21.5 Å². The van der Waals surface area contributed by atoms with Gasteiger partial charge in [-0.15, -0.1) is 11.3 Å². The third-order valence-electron chi connectivity index (χ3n) is 4.71. The normalized spacial score (nSPS) is 16.2. The molecule has 0 saturated heterocycles. The van der Waals surface area contributed by atoms with E-state index in [1.165, 1.54) is 11.3 Å². The lowest BCUT2D eigenvalue weighted by atomic mass is 9.87. The number of nitrogens with one attached hydrogen (secondary N) is 1. The second-order valence-electron chi connectivity index (χ2n) is 6.60. The summed E-state index contributed by atoms with van der Waals surface area (Å²) in [6.07, 6.45) is 0.374. The van der Waals surface area contributed by atoms with Gasteiger partial charge in [0.25, 0.3) is 0 Å². The zero-order valence-electron chi connectivity index (χ0n) is 14.7. The van der Waals surface area contributed by atoms with E-state index in [0.29, 0.717) is 13.0 Å². The van der Waals surface area contributed by atoms with E-state index < -0.39 is 0 Å². The van der Waals surface area contributed by atoms with E-state index in [-0.39, 0.29) is 17.6 Å². The van der Waals surface area contributed by atoms with Crippen LogP contribution in [0.5, 0.6) is 0 Å². The Hall–Kier alpha value is -2.73. The number of hydrogen-bond acceptors (Lipinski definition) is 4. The molecular weight excluding hydrogens is 346 g/mol. The highest BCUT2D eigenvalue weighted by Crippen LogP contribution is 2.40. The Morgan fingerprint density at radius 3 is 2.81 bits per heavy atom. The highest BCUT2D eigenvalue weighted by Gasteiger charge is 2.32. The quantitative estimate of drug-likeness (QED) is 0.711. The molecule has 0 saturated carbocycles. The first-order valence-corrected chi connectivity index (χ1v) is 9.41. The SMILES string of the molecule is CC(=O)c1cc(C2CC(=O)Nc3c2c(C)nn3Cc2ccccc2)cs1. The van der Waals surface area contributed by atoms with Crippen LogP contribution < -0.4 is 5.32 Å². The summed E-state index contributed by atoms with van der Waals surface area (Å²) < 4.78 is 1.86. The summed E-state index contributed by atoms with van der Waals surface area (Å²) in [5.74, 6) is 0.737. The fourth-order valence-corrected chi connectivity index (χ4v) is 4.35. The molecule has 1 atom stereocenters. The number of Topliss-reactive ketones (excluding diaryl/α,β-unsaturated/α-hetero) is 1. The number of thiophene rings is 1. The van der Waals surface area contributed by atoms with Crippen molar-refractivity contribution in [1.82, 2.24) is 9.78 Å². The monoisotopic (exact) mass is 365 g/mol. The van der Waals surface area contributed by atoms with Crippen LogP contribution in [0.2, 0.25) is 0 Å². The van der Waals surface area contributed by atoms with Crippen LogP contribution in [0.15, 0.2) is 41.8 Å². The minimum Gasteiger partial charge on any atom is -0.311 e. The van der Waals surface area contributed by atoms with Crippen molar-refractivity contribution in [3.05, 3.63) is 69.0 Å². The Kier molecular flexibility index (Phi) is 4.20. The summed E-state index contributed by atoms with van der Waals surface area (Å²) in [6, 6.07) is 12.0. The molecule has 1 N–H and O–H groups in total. The number of amides is 1. The summed E-state index contributed by atoms with van der Waals surface area (Å²) in [6.45, 7) is 4.15. The van der Waals surface area contributed by atoms with Crippen molar-refractivity contribution in [2.75, 3.05) is 5.32 Å². The zero-order chi connectivity index (χ0) is 18.3. The molecule has 3 heterocycles. The molecule has 1 unspecified atom stereocenters. The van der Waals surface area contributed by atoms with Gasteiger partial charge in [-0.1, -0.05) is 30.3 Å². The largest absolute Gasteiger partial charge is 0.311 e. The molecule has 6 heteroatoms. The van der Waals surface area contributed by atoms with Gasteiger partial charge in [0.05, 0.1) is 17.1 Å². The standard InChI is InChI=1S/C20H19N3O2S/c1-12-19-16(15-8-17(13(2)24)26-11-15)9-18(25)21-20(19)23(22-12)10-14-6-4-3-5-7-14/h3-8,11,16H,9-10H2,1-2H3,(H,21,25). The molecule has 3 aromatic rings. The predicted molar refractivity (Wildman–Crippen MR) is 102 cm³/mol. The maximum atomic E-state index is 12.3. The second kappa shape index (κ2) is 6.53. The van der Waals surface area contributed by atoms with E-state index >= 15 is 0 Å². The summed E-state index contributed by atoms with van der Waals surface area (Å²) in [5, 5.41) is 9.66. The molecule has 1 aliphatic rings. The summed E-state index contributed by atoms with van der Waals surface area (Å²) >= 11 is 1.43. The Morgan fingerprint density at radius 2 is 2.12 bits per heavy atom. The minimum atomic E-state index is -0.0624. The topological polar surface area (TPSA) is 64.0 Å². The van der Waals surface area contributed by atoms with Gasteiger partial charge in [-0.05, 0) is 36.4 Å². The molecule has 1 aliphatic heterocycles. The van der Waals surface area contributed by atoms with Gasteiger partial charge in [-0.25, -0.2) is 4.68 Å². The lowest BCUT2D eigenvalue weighted by Gasteiger charge is -2.23. The van der Waals surface area contributed by atoms with E-state index in [9.17, 15) is 9.59 Å². The average Bonchev–Trinajstić information content (AvgIpc) is 3.21. The van der Waals surface area contributed by atoms with E-state index in [0.717, 1.165) is 33.1 Å². The first-order chi connectivity index (χ1) is 12.5. The molecule has 0 radical (unpaired) electrons. The Morgan fingerprint density at radius 1 is 1.35 bits per heavy atom. The van der Waals surface area contributed by atoms with E-state index in [1.54, 1.807) is 6.92 Å². The molecule has 132 valence electrons. The number of aromatic nitrogens is 2. The molecular formula is C20H19N3O2S. The molecule has 0 fully saturated rings. The van der Waals surface area contributed by atoms with E-state index in [2.05, 4.69) is 10.4 Å². The molecule has 5 nitrogen and oxygen atoms in total. The van der Waals surface area contributed by atoms with Crippen LogP contribution in [-0.2, 0) is 11.3 Å². The predicted octanol–water partition coefficient (Wildman–Crippen LogP) is 3.98. The van der Waals surface area contributed by atoms with Crippen molar-refractivity contribution < 1.29 is 9.59 Å². The Balaban J connectivity index is 1.75. The third-order valence-corrected chi connectivity index (χ3v) is 5.76. The van der Waals surface area contributed by atoms with Gasteiger partial charge >= 0.3 is 0 Å². The first-order valence-electron chi connectivity index (χ1n) is 8.53. The first kappa shape index (κ1) is 16.7.